The summed E-state index contributed by atoms with van der Waals surface area (Å²) in [7, 11) is 2.10. The second-order valence-corrected chi connectivity index (χ2v) is 9.68. The summed E-state index contributed by atoms with van der Waals surface area (Å²) < 4.78 is 2.18. The van der Waals surface area contributed by atoms with Gasteiger partial charge in [-0.3, -0.25) is 0 Å². The number of aliphatic imine (C=N–C) groups is 2. The van der Waals surface area contributed by atoms with Gasteiger partial charge in [-0.2, -0.15) is 0 Å². The van der Waals surface area contributed by atoms with Crippen molar-refractivity contribution in [3.8, 4) is 0 Å². The molecule has 0 radical (unpaired) electrons. The number of nitrogens with zero attached hydrogens (tertiary/aromatic N) is 3. The number of H-pyrrole nitrogens is 1. The van der Waals surface area contributed by atoms with E-state index in [2.05, 4.69) is 94.7 Å². The van der Waals surface area contributed by atoms with Crippen LogP contribution in [0, 0.1) is 0 Å². The number of rotatable bonds is 4. The van der Waals surface area contributed by atoms with Crippen molar-refractivity contribution in [2.24, 2.45) is 17.0 Å². The van der Waals surface area contributed by atoms with Crippen LogP contribution < -0.4 is 10.7 Å². The van der Waals surface area contributed by atoms with Gasteiger partial charge in [-0.05, 0) is 109 Å². The van der Waals surface area contributed by atoms with Crippen LogP contribution in [0.4, 0.5) is 0 Å². The molecule has 0 aromatic carbocycles. The molecule has 0 spiro atoms. The zero-order valence-corrected chi connectivity index (χ0v) is 22.1. The molecular weight excluding hydrogens is 428 g/mol. The molecule has 2 aromatic heterocycles. The summed E-state index contributed by atoms with van der Waals surface area (Å²) in [5.74, 6) is 0. The lowest BCUT2D eigenvalue weighted by molar-refractivity contribution is 0.913. The maximum Gasteiger partial charge on any atom is 0.0693 e. The van der Waals surface area contributed by atoms with Crippen molar-refractivity contribution >= 4 is 35.7 Å². The van der Waals surface area contributed by atoms with Gasteiger partial charge >= 0.3 is 0 Å². The summed E-state index contributed by atoms with van der Waals surface area (Å²) >= 11 is 0. The van der Waals surface area contributed by atoms with Crippen molar-refractivity contribution in [1.82, 2.24) is 9.55 Å². The molecule has 180 valence electrons. The normalized spacial score (nSPS) is 17.2. The molecule has 35 heavy (non-hydrogen) atoms. The maximum atomic E-state index is 5.13. The van der Waals surface area contributed by atoms with E-state index >= 15 is 0 Å². The van der Waals surface area contributed by atoms with Crippen molar-refractivity contribution in [3.05, 3.63) is 79.0 Å². The molecule has 0 aliphatic carbocycles. The van der Waals surface area contributed by atoms with E-state index in [4.69, 9.17) is 9.98 Å². The van der Waals surface area contributed by atoms with E-state index in [1.54, 1.807) is 0 Å². The lowest BCUT2D eigenvalue weighted by Gasteiger charge is -2.02. The van der Waals surface area contributed by atoms with Gasteiger partial charge in [0.15, 0.2) is 0 Å². The number of nitrogens with one attached hydrogen (secondary N) is 1. The first-order valence-electron chi connectivity index (χ1n) is 13.0. The number of aromatic nitrogens is 2. The highest BCUT2D eigenvalue weighted by Crippen LogP contribution is 2.32. The van der Waals surface area contributed by atoms with Crippen molar-refractivity contribution in [1.29, 1.82) is 0 Å². The standard InChI is InChI=1S/C31H36N4/c1-8-22-18(5)26-13-20-12-21(35(7)17-20)14-27-19(6)23(9-2)29(33-27)16-31-25(11-4)24(10-3)30(34-31)15-28(22)32-26/h12-17,34H,8-11H2,1-7H3. The molecule has 0 amide bonds. The van der Waals surface area contributed by atoms with Crippen molar-refractivity contribution in [3.63, 3.8) is 0 Å². The highest BCUT2D eigenvalue weighted by Gasteiger charge is 2.21. The van der Waals surface area contributed by atoms with Gasteiger partial charge in [-0.15, -0.1) is 0 Å². The Balaban J connectivity index is 1.87. The second kappa shape index (κ2) is 8.99. The van der Waals surface area contributed by atoms with Crippen LogP contribution in [0.1, 0.15) is 76.8 Å². The van der Waals surface area contributed by atoms with Crippen LogP contribution in [0.5, 0.6) is 0 Å². The van der Waals surface area contributed by atoms with E-state index in [-0.39, 0.29) is 0 Å². The number of hydrogen-bond donors (Lipinski definition) is 1. The van der Waals surface area contributed by atoms with Crippen LogP contribution >= 0.6 is 0 Å². The largest absolute Gasteiger partial charge is 0.355 e. The topological polar surface area (TPSA) is 45.4 Å². The highest BCUT2D eigenvalue weighted by molar-refractivity contribution is 6.24. The summed E-state index contributed by atoms with van der Waals surface area (Å²) in [5, 5.41) is 2.35. The van der Waals surface area contributed by atoms with E-state index in [9.17, 15) is 0 Å². The van der Waals surface area contributed by atoms with Gasteiger partial charge in [0.1, 0.15) is 0 Å². The Kier molecular flexibility index (Phi) is 6.00. The van der Waals surface area contributed by atoms with E-state index in [0.717, 1.165) is 59.8 Å². The first kappa shape index (κ1) is 23.3. The van der Waals surface area contributed by atoms with Crippen LogP contribution in [0.3, 0.4) is 0 Å². The van der Waals surface area contributed by atoms with Gasteiger partial charge in [0.05, 0.1) is 22.8 Å². The first-order valence-corrected chi connectivity index (χ1v) is 13.0. The zero-order chi connectivity index (χ0) is 24.9. The van der Waals surface area contributed by atoms with Crippen LogP contribution in [0.25, 0.3) is 24.3 Å². The Morgan fingerprint density at radius 3 is 1.71 bits per heavy atom. The third-order valence-electron chi connectivity index (χ3n) is 7.69. The molecule has 3 aliphatic heterocycles. The smallest absolute Gasteiger partial charge is 0.0693 e. The summed E-state index contributed by atoms with van der Waals surface area (Å²) in [5.41, 5.74) is 14.5. The van der Waals surface area contributed by atoms with Crippen molar-refractivity contribution in [2.75, 3.05) is 0 Å². The predicted octanol–water partition coefficient (Wildman–Crippen LogP) is 5.80. The van der Waals surface area contributed by atoms with E-state index in [1.807, 2.05) is 0 Å². The number of aromatic amines is 1. The number of aryl methyl sites for hydroxylation is 1. The Labute approximate surface area is 208 Å². The van der Waals surface area contributed by atoms with Gasteiger partial charge < -0.3 is 9.55 Å². The molecule has 4 nitrogen and oxygen atoms in total. The molecule has 0 saturated carbocycles. The molecule has 1 N–H and O–H groups in total. The Morgan fingerprint density at radius 2 is 1.23 bits per heavy atom. The molecule has 0 unspecified atom stereocenters. The molecule has 5 rings (SSSR count). The van der Waals surface area contributed by atoms with Crippen LogP contribution in [-0.4, -0.2) is 21.0 Å². The quantitative estimate of drug-likeness (QED) is 0.595. The van der Waals surface area contributed by atoms with Crippen molar-refractivity contribution in [2.45, 2.75) is 67.2 Å². The van der Waals surface area contributed by atoms with Gasteiger partial charge in [0, 0.05) is 29.6 Å². The monoisotopic (exact) mass is 464 g/mol. The number of fused-ring (bicyclic) bond motifs is 6. The Hall–Kier alpha value is -3.40. The zero-order valence-electron chi connectivity index (χ0n) is 22.1. The summed E-state index contributed by atoms with van der Waals surface area (Å²) in [6.07, 6.45) is 15.0. The lowest BCUT2D eigenvalue weighted by Crippen LogP contribution is -2.16. The van der Waals surface area contributed by atoms with Gasteiger partial charge in [-0.25, -0.2) is 9.98 Å². The fourth-order valence-corrected chi connectivity index (χ4v) is 5.74. The molecule has 8 bridgehead atoms. The van der Waals surface area contributed by atoms with Gasteiger partial charge in [-0.1, -0.05) is 27.7 Å². The fraction of sp³-hybridized carbons (Fsp3) is 0.355. The molecule has 0 atom stereocenters. The van der Waals surface area contributed by atoms with E-state index in [0.29, 0.717) is 0 Å². The minimum atomic E-state index is 0.964. The SMILES string of the molecule is CCC1=C(C)C2=Cc3cc(n(C)c3)C=C3N=C(C=c4[nH]c(c(CC)c4CC)=CC1=N2)C(CC)=C3C. The molecule has 5 heterocycles. The Morgan fingerprint density at radius 1 is 0.714 bits per heavy atom. The molecular formula is C31H36N4. The summed E-state index contributed by atoms with van der Waals surface area (Å²) in [6, 6.07) is 2.23. The van der Waals surface area contributed by atoms with Crippen LogP contribution in [-0.2, 0) is 19.9 Å². The first-order chi connectivity index (χ1) is 16.9. The molecule has 4 heteroatoms. The average molecular weight is 465 g/mol. The minimum absolute atomic E-state index is 0.964. The molecule has 0 fully saturated rings. The summed E-state index contributed by atoms with van der Waals surface area (Å²) in [6.45, 7) is 13.4. The van der Waals surface area contributed by atoms with Gasteiger partial charge in [0.25, 0.3) is 0 Å². The Bertz CT molecular complexity index is 1540. The van der Waals surface area contributed by atoms with Crippen molar-refractivity contribution < 1.29 is 0 Å². The van der Waals surface area contributed by atoms with E-state index in [1.165, 1.54) is 44.1 Å². The average Bonchev–Trinajstić information content (AvgIpc) is 3.52. The third-order valence-corrected chi connectivity index (χ3v) is 7.69. The molecule has 0 saturated heterocycles. The van der Waals surface area contributed by atoms with Crippen LogP contribution in [0.15, 0.2) is 55.9 Å². The van der Waals surface area contributed by atoms with Crippen LogP contribution in [0.2, 0.25) is 0 Å². The fourth-order valence-electron chi connectivity index (χ4n) is 5.74. The molecule has 3 aliphatic rings. The summed E-state index contributed by atoms with van der Waals surface area (Å²) in [4.78, 5) is 14.0. The highest BCUT2D eigenvalue weighted by atomic mass is 14.9. The second-order valence-electron chi connectivity index (χ2n) is 9.68. The third kappa shape index (κ3) is 3.85. The van der Waals surface area contributed by atoms with E-state index < -0.39 is 0 Å². The van der Waals surface area contributed by atoms with Gasteiger partial charge in [0.2, 0.25) is 0 Å². The lowest BCUT2D eigenvalue weighted by atomic mass is 10.0. The maximum absolute atomic E-state index is 5.13. The number of hydrogen-bond acceptors (Lipinski definition) is 2. The number of allylic oxidation sites excluding steroid dienone is 4. The molecule has 2 aromatic rings. The minimum Gasteiger partial charge on any atom is -0.355 e. The predicted molar refractivity (Wildman–Crippen MR) is 150 cm³/mol.